The average Bonchev–Trinajstić information content (AvgIpc) is 3.63. The van der Waals surface area contributed by atoms with Gasteiger partial charge in [0.05, 0.1) is 21.7 Å². The van der Waals surface area contributed by atoms with Gasteiger partial charge in [0.1, 0.15) is 11.7 Å². The molecule has 1 saturated carbocycles. The summed E-state index contributed by atoms with van der Waals surface area (Å²) >= 11 is 6.27. The molecule has 1 saturated heterocycles. The summed E-state index contributed by atoms with van der Waals surface area (Å²) in [5, 5.41) is 6.49. The number of pyridine rings is 2. The van der Waals surface area contributed by atoms with E-state index in [1.165, 1.54) is 11.1 Å². The zero-order chi connectivity index (χ0) is 27.3. The zero-order valence-corrected chi connectivity index (χ0v) is 22.0. The summed E-state index contributed by atoms with van der Waals surface area (Å²) in [7, 11) is 0. The van der Waals surface area contributed by atoms with Crippen molar-refractivity contribution in [1.82, 2.24) is 29.7 Å². The Kier molecular flexibility index (Phi) is 6.60. The molecular weight excluding hydrogens is 535 g/mol. The minimum Gasteiger partial charge on any atom is -0.386 e. The summed E-state index contributed by atoms with van der Waals surface area (Å²) in [6.45, 7) is 2.99. The molecule has 4 aromatic heterocycles. The highest BCUT2D eigenvalue weighted by molar-refractivity contribution is 6.30. The van der Waals surface area contributed by atoms with E-state index in [-0.39, 0.29) is 30.5 Å². The fourth-order valence-corrected chi connectivity index (χ4v) is 6.02. The Bertz CT molecular complexity index is 1560. The molecule has 6 rings (SSSR count). The number of imidazole rings is 1. The number of alkyl halides is 3. The summed E-state index contributed by atoms with van der Waals surface area (Å²) < 4.78 is 49.3. The third-order valence-corrected chi connectivity index (χ3v) is 8.01. The minimum absolute atomic E-state index is 0.0145. The van der Waals surface area contributed by atoms with Crippen LogP contribution in [0.3, 0.4) is 0 Å². The molecule has 0 radical (unpaired) electrons. The molecule has 0 amide bonds. The van der Waals surface area contributed by atoms with Gasteiger partial charge >= 0.3 is 11.9 Å². The highest BCUT2D eigenvalue weighted by atomic mass is 35.5. The van der Waals surface area contributed by atoms with Crippen molar-refractivity contribution in [3.63, 3.8) is 0 Å². The van der Waals surface area contributed by atoms with E-state index in [1.807, 2.05) is 4.57 Å². The van der Waals surface area contributed by atoms with Crippen LogP contribution in [0.1, 0.15) is 45.4 Å². The Morgan fingerprint density at radius 2 is 1.92 bits per heavy atom. The zero-order valence-electron chi connectivity index (χ0n) is 21.2. The minimum atomic E-state index is -4.39. The van der Waals surface area contributed by atoms with Crippen molar-refractivity contribution in [1.29, 1.82) is 0 Å². The number of hydrogen-bond acceptors (Lipinski definition) is 7. The number of fused-ring (bicyclic) bond motifs is 1. The highest BCUT2D eigenvalue weighted by Gasteiger charge is 2.47. The van der Waals surface area contributed by atoms with Gasteiger partial charge in [-0.15, -0.1) is 5.10 Å². The first-order chi connectivity index (χ1) is 18.7. The molecule has 0 aromatic carbocycles. The average molecular weight is 562 g/mol. The van der Waals surface area contributed by atoms with Crippen LogP contribution in [-0.4, -0.2) is 48.5 Å². The SMILES string of the molecule is C[C@H]1CC[C@H](Cn2c(N3CCC[C@H]3C(F)(F)F)nc3cc(-c4n[nH]c(=O)o4)nc(-c4cncc(Cl)c4)c32)CC1. The molecule has 206 valence electrons. The first kappa shape index (κ1) is 25.8. The highest BCUT2D eigenvalue weighted by Crippen LogP contribution is 2.41. The Hall–Kier alpha value is -3.41. The summed E-state index contributed by atoms with van der Waals surface area (Å²) in [5.41, 5.74) is 2.21. The second-order valence-corrected chi connectivity index (χ2v) is 11.0. The van der Waals surface area contributed by atoms with Gasteiger partial charge in [-0.1, -0.05) is 31.4 Å². The fourth-order valence-electron chi connectivity index (χ4n) is 5.84. The third-order valence-electron chi connectivity index (χ3n) is 7.80. The van der Waals surface area contributed by atoms with E-state index < -0.39 is 18.0 Å². The topological polar surface area (TPSA) is 106 Å². The van der Waals surface area contributed by atoms with Gasteiger partial charge in [-0.2, -0.15) is 13.2 Å². The number of nitrogens with zero attached hydrogens (tertiary/aromatic N) is 6. The molecule has 1 N–H and O–H groups in total. The molecule has 9 nitrogen and oxygen atoms in total. The number of H-pyrrole nitrogens is 1. The van der Waals surface area contributed by atoms with Crippen LogP contribution in [-0.2, 0) is 6.54 Å². The molecule has 5 heterocycles. The van der Waals surface area contributed by atoms with Gasteiger partial charge < -0.3 is 13.9 Å². The maximum absolute atomic E-state index is 14.1. The first-order valence-corrected chi connectivity index (χ1v) is 13.5. The molecule has 39 heavy (non-hydrogen) atoms. The Morgan fingerprint density at radius 3 is 2.62 bits per heavy atom. The van der Waals surface area contributed by atoms with Gasteiger partial charge in [0.2, 0.25) is 5.95 Å². The van der Waals surface area contributed by atoms with Gasteiger partial charge in [-0.05, 0) is 49.7 Å². The monoisotopic (exact) mass is 561 g/mol. The molecule has 1 aliphatic heterocycles. The second kappa shape index (κ2) is 9.96. The molecular formula is C26H27ClF3N7O2. The van der Waals surface area contributed by atoms with Crippen LogP contribution in [0.2, 0.25) is 5.02 Å². The predicted molar refractivity (Wildman–Crippen MR) is 139 cm³/mol. The lowest BCUT2D eigenvalue weighted by Gasteiger charge is -2.31. The molecule has 0 spiro atoms. The largest absolute Gasteiger partial charge is 0.434 e. The number of rotatable bonds is 5. The number of anilines is 1. The summed E-state index contributed by atoms with van der Waals surface area (Å²) in [5.74, 6) is 0.389. The van der Waals surface area contributed by atoms with E-state index in [0.29, 0.717) is 52.1 Å². The number of nitrogens with one attached hydrogen (secondary N) is 1. The van der Waals surface area contributed by atoms with E-state index in [1.54, 1.807) is 18.3 Å². The smallest absolute Gasteiger partial charge is 0.386 e. The number of aromatic nitrogens is 6. The summed E-state index contributed by atoms with van der Waals surface area (Å²) in [6.07, 6.45) is 3.25. The summed E-state index contributed by atoms with van der Waals surface area (Å²) in [4.78, 5) is 26.8. The lowest BCUT2D eigenvalue weighted by atomic mass is 9.83. The number of halogens is 4. The summed E-state index contributed by atoms with van der Waals surface area (Å²) in [6, 6.07) is 1.67. The van der Waals surface area contributed by atoms with Crippen molar-refractivity contribution in [3.05, 3.63) is 40.1 Å². The van der Waals surface area contributed by atoms with E-state index in [0.717, 1.165) is 25.7 Å². The van der Waals surface area contributed by atoms with Gasteiger partial charge in [0.15, 0.2) is 0 Å². The van der Waals surface area contributed by atoms with E-state index >= 15 is 0 Å². The lowest BCUT2D eigenvalue weighted by Crippen LogP contribution is -2.42. The molecule has 13 heteroatoms. The second-order valence-electron chi connectivity index (χ2n) is 10.6. The quantitative estimate of drug-likeness (QED) is 0.326. The Morgan fingerprint density at radius 1 is 1.13 bits per heavy atom. The normalized spacial score (nSPS) is 22.2. The van der Waals surface area contributed by atoms with Gasteiger partial charge in [0.25, 0.3) is 5.89 Å². The van der Waals surface area contributed by atoms with Crippen LogP contribution in [0.25, 0.3) is 33.9 Å². The Balaban J connectivity index is 1.59. The Labute approximate surface area is 226 Å². The molecule has 1 atom stereocenters. The predicted octanol–water partition coefficient (Wildman–Crippen LogP) is 5.85. The molecule has 2 fully saturated rings. The van der Waals surface area contributed by atoms with Crippen molar-refractivity contribution >= 4 is 28.6 Å². The van der Waals surface area contributed by atoms with Crippen molar-refractivity contribution < 1.29 is 17.6 Å². The van der Waals surface area contributed by atoms with Crippen LogP contribution in [0.5, 0.6) is 0 Å². The van der Waals surface area contributed by atoms with Crippen molar-refractivity contribution in [3.8, 4) is 22.8 Å². The molecule has 2 aliphatic rings. The fraction of sp³-hybridized carbons (Fsp3) is 0.500. The van der Waals surface area contributed by atoms with E-state index in [2.05, 4.69) is 22.1 Å². The van der Waals surface area contributed by atoms with Crippen LogP contribution in [0.15, 0.2) is 33.7 Å². The molecule has 4 aromatic rings. The first-order valence-electron chi connectivity index (χ1n) is 13.1. The number of hydrogen-bond donors (Lipinski definition) is 1. The molecule has 1 aliphatic carbocycles. The maximum atomic E-state index is 14.1. The van der Waals surface area contributed by atoms with Crippen LogP contribution in [0, 0.1) is 11.8 Å². The van der Waals surface area contributed by atoms with Crippen LogP contribution >= 0.6 is 11.6 Å². The molecule has 0 bridgehead atoms. The van der Waals surface area contributed by atoms with Crippen molar-refractivity contribution in [2.75, 3.05) is 11.4 Å². The lowest BCUT2D eigenvalue weighted by molar-refractivity contribution is -0.146. The van der Waals surface area contributed by atoms with Gasteiger partial charge in [-0.3, -0.25) is 4.98 Å². The van der Waals surface area contributed by atoms with E-state index in [4.69, 9.17) is 26.0 Å². The van der Waals surface area contributed by atoms with Gasteiger partial charge in [0, 0.05) is 31.0 Å². The van der Waals surface area contributed by atoms with Crippen molar-refractivity contribution in [2.24, 2.45) is 11.8 Å². The standard InChI is InChI=1S/C26H27ClF3N7O2/c1-14-4-6-15(7-5-14)13-37-22-18(33-24(37)36-8-2-3-20(36)26(28,29)30)10-19(23-34-35-25(38)39-23)32-21(22)16-9-17(27)12-31-11-16/h9-12,14-15,20H,2-8,13H2,1H3,(H,35,38)/t14-,15-,20-/m0/s1. The molecule has 0 unspecified atom stereocenters. The number of aromatic amines is 1. The van der Waals surface area contributed by atoms with Gasteiger partial charge in [-0.25, -0.2) is 19.9 Å². The van der Waals surface area contributed by atoms with Crippen LogP contribution < -0.4 is 10.7 Å². The third kappa shape index (κ3) is 5.02. The van der Waals surface area contributed by atoms with E-state index in [9.17, 15) is 18.0 Å². The maximum Gasteiger partial charge on any atom is 0.434 e. The van der Waals surface area contributed by atoms with Crippen LogP contribution in [0.4, 0.5) is 19.1 Å². The van der Waals surface area contributed by atoms with Crippen molar-refractivity contribution in [2.45, 2.75) is 64.2 Å².